The lowest BCUT2D eigenvalue weighted by Gasteiger charge is -2.09. The Bertz CT molecular complexity index is 610. The highest BCUT2D eigenvalue weighted by molar-refractivity contribution is 5.80. The van der Waals surface area contributed by atoms with Gasteiger partial charge in [-0.25, -0.2) is 4.98 Å². The van der Waals surface area contributed by atoms with Crippen LogP contribution < -0.4 is 5.11 Å². The topological polar surface area (TPSA) is 51.7 Å². The minimum Gasteiger partial charge on any atom is -0.872 e. The molecule has 3 aromatic rings. The van der Waals surface area contributed by atoms with Gasteiger partial charge in [0.05, 0.1) is 11.0 Å². The van der Waals surface area contributed by atoms with E-state index in [9.17, 15) is 5.11 Å². The molecule has 0 aliphatic carbocycles. The van der Waals surface area contributed by atoms with Crippen LogP contribution in [-0.4, -0.2) is 9.97 Å². The van der Waals surface area contributed by atoms with Gasteiger partial charge < -0.3 is 10.1 Å². The standard InChI is InChI=1S/C13H10N2O/c16-12-8-4-1-5-9(12)13-14-10-6-2-3-7-11(10)15-13/h1-8,16H,(H,14,15)/p-1. The molecular formula is C13H9N2O-. The molecule has 16 heavy (non-hydrogen) atoms. The van der Waals surface area contributed by atoms with Crippen molar-refractivity contribution in [1.29, 1.82) is 0 Å². The third kappa shape index (κ3) is 1.34. The van der Waals surface area contributed by atoms with Gasteiger partial charge in [0.2, 0.25) is 0 Å². The average Bonchev–Trinajstić information content (AvgIpc) is 2.73. The lowest BCUT2D eigenvalue weighted by Crippen LogP contribution is -1.93. The molecule has 1 N–H and O–H groups in total. The summed E-state index contributed by atoms with van der Waals surface area (Å²) >= 11 is 0. The number of aromatic nitrogens is 2. The zero-order valence-electron chi connectivity index (χ0n) is 8.47. The Morgan fingerprint density at radius 3 is 2.50 bits per heavy atom. The fourth-order valence-electron chi connectivity index (χ4n) is 1.74. The van der Waals surface area contributed by atoms with E-state index in [1.165, 1.54) is 0 Å². The Balaban J connectivity index is 2.23. The van der Waals surface area contributed by atoms with Gasteiger partial charge in [-0.05, 0) is 12.1 Å². The normalized spacial score (nSPS) is 10.8. The molecule has 1 heterocycles. The molecule has 0 saturated carbocycles. The van der Waals surface area contributed by atoms with E-state index < -0.39 is 0 Å². The third-order valence-electron chi connectivity index (χ3n) is 2.53. The van der Waals surface area contributed by atoms with Gasteiger partial charge >= 0.3 is 0 Å². The second-order valence-electron chi connectivity index (χ2n) is 3.60. The van der Waals surface area contributed by atoms with Gasteiger partial charge in [0.15, 0.2) is 0 Å². The lowest BCUT2D eigenvalue weighted by atomic mass is 10.2. The minimum absolute atomic E-state index is 0.0124. The SMILES string of the molecule is [O-]c1ccccc1-c1nc2ccccc2[nH]1. The second kappa shape index (κ2) is 3.38. The molecule has 0 aliphatic rings. The molecule has 1 aromatic heterocycles. The van der Waals surface area contributed by atoms with Gasteiger partial charge in [-0.1, -0.05) is 42.1 Å². The van der Waals surface area contributed by atoms with Crippen molar-refractivity contribution >= 4 is 11.0 Å². The van der Waals surface area contributed by atoms with Crippen molar-refractivity contribution in [2.45, 2.75) is 0 Å². The fourth-order valence-corrected chi connectivity index (χ4v) is 1.74. The highest BCUT2D eigenvalue weighted by Gasteiger charge is 2.04. The molecule has 0 bridgehead atoms. The van der Waals surface area contributed by atoms with Gasteiger partial charge in [0.1, 0.15) is 5.82 Å². The van der Waals surface area contributed by atoms with E-state index in [0.717, 1.165) is 11.0 Å². The molecule has 0 spiro atoms. The highest BCUT2D eigenvalue weighted by Crippen LogP contribution is 2.25. The molecule has 78 valence electrons. The minimum atomic E-state index is -0.0124. The molecule has 3 rings (SSSR count). The smallest absolute Gasteiger partial charge is 0.137 e. The molecule has 3 heteroatoms. The molecular weight excluding hydrogens is 200 g/mol. The van der Waals surface area contributed by atoms with Crippen molar-refractivity contribution in [3.63, 3.8) is 0 Å². The van der Waals surface area contributed by atoms with E-state index in [0.29, 0.717) is 11.4 Å². The number of aromatic amines is 1. The summed E-state index contributed by atoms with van der Waals surface area (Å²) in [5.41, 5.74) is 2.43. The number of H-pyrrole nitrogens is 1. The van der Waals surface area contributed by atoms with Crippen LogP contribution in [0, 0.1) is 0 Å². The number of rotatable bonds is 1. The first kappa shape index (κ1) is 8.97. The molecule has 2 aromatic carbocycles. The van der Waals surface area contributed by atoms with Crippen LogP contribution in [0.5, 0.6) is 5.75 Å². The maximum atomic E-state index is 11.6. The Morgan fingerprint density at radius 2 is 1.69 bits per heavy atom. The van der Waals surface area contributed by atoms with E-state index in [1.807, 2.05) is 30.3 Å². The van der Waals surface area contributed by atoms with E-state index in [-0.39, 0.29) is 5.75 Å². The van der Waals surface area contributed by atoms with E-state index in [1.54, 1.807) is 18.2 Å². The first-order valence-electron chi connectivity index (χ1n) is 5.06. The first-order valence-corrected chi connectivity index (χ1v) is 5.06. The third-order valence-corrected chi connectivity index (χ3v) is 2.53. The Morgan fingerprint density at radius 1 is 0.938 bits per heavy atom. The van der Waals surface area contributed by atoms with Crippen LogP contribution in [0.15, 0.2) is 48.5 Å². The van der Waals surface area contributed by atoms with Crippen molar-refractivity contribution in [1.82, 2.24) is 9.97 Å². The maximum Gasteiger partial charge on any atom is 0.137 e. The van der Waals surface area contributed by atoms with Crippen LogP contribution in [0.4, 0.5) is 0 Å². The largest absolute Gasteiger partial charge is 0.872 e. The molecule has 0 unspecified atom stereocenters. The van der Waals surface area contributed by atoms with Crippen molar-refractivity contribution in [2.75, 3.05) is 0 Å². The summed E-state index contributed by atoms with van der Waals surface area (Å²) in [5, 5.41) is 11.6. The summed E-state index contributed by atoms with van der Waals surface area (Å²) in [7, 11) is 0. The number of fused-ring (bicyclic) bond motifs is 1. The lowest BCUT2D eigenvalue weighted by molar-refractivity contribution is -0.267. The van der Waals surface area contributed by atoms with Gasteiger partial charge in [0.25, 0.3) is 0 Å². The van der Waals surface area contributed by atoms with Crippen molar-refractivity contribution in [3.8, 4) is 17.1 Å². The predicted molar refractivity (Wildman–Crippen MR) is 61.0 cm³/mol. The van der Waals surface area contributed by atoms with E-state index >= 15 is 0 Å². The number of hydrogen-bond acceptors (Lipinski definition) is 2. The van der Waals surface area contributed by atoms with Crippen LogP contribution >= 0.6 is 0 Å². The van der Waals surface area contributed by atoms with Crippen LogP contribution in [-0.2, 0) is 0 Å². The summed E-state index contributed by atoms with van der Waals surface area (Å²) in [6.45, 7) is 0. The summed E-state index contributed by atoms with van der Waals surface area (Å²) in [6.07, 6.45) is 0. The molecule has 0 radical (unpaired) electrons. The number of nitrogens with one attached hydrogen (secondary N) is 1. The first-order chi connectivity index (χ1) is 7.84. The zero-order chi connectivity index (χ0) is 11.0. The molecule has 0 fully saturated rings. The van der Waals surface area contributed by atoms with Gasteiger partial charge in [-0.3, -0.25) is 0 Å². The summed E-state index contributed by atoms with van der Waals surface area (Å²) in [5.74, 6) is 0.619. The van der Waals surface area contributed by atoms with Gasteiger partial charge in [0, 0.05) is 5.56 Å². The monoisotopic (exact) mass is 209 g/mol. The van der Waals surface area contributed by atoms with Crippen LogP contribution in [0.25, 0.3) is 22.4 Å². The Labute approximate surface area is 92.4 Å². The number of nitrogens with zero attached hydrogens (tertiary/aromatic N) is 1. The molecule has 0 amide bonds. The van der Waals surface area contributed by atoms with Crippen LogP contribution in [0.1, 0.15) is 0 Å². The van der Waals surface area contributed by atoms with E-state index in [2.05, 4.69) is 9.97 Å². The number of hydrogen-bond donors (Lipinski definition) is 1. The molecule has 0 saturated heterocycles. The maximum absolute atomic E-state index is 11.6. The van der Waals surface area contributed by atoms with Crippen LogP contribution in [0.2, 0.25) is 0 Å². The number of para-hydroxylation sites is 3. The van der Waals surface area contributed by atoms with Crippen molar-refractivity contribution < 1.29 is 5.11 Å². The zero-order valence-corrected chi connectivity index (χ0v) is 8.47. The number of imidazole rings is 1. The fraction of sp³-hybridized carbons (Fsp3) is 0. The summed E-state index contributed by atoms with van der Waals surface area (Å²) in [4.78, 5) is 7.53. The van der Waals surface area contributed by atoms with Gasteiger partial charge in [-0.15, -0.1) is 0 Å². The molecule has 3 nitrogen and oxygen atoms in total. The Hall–Kier alpha value is -2.29. The van der Waals surface area contributed by atoms with Gasteiger partial charge in [-0.2, -0.15) is 0 Å². The number of benzene rings is 2. The second-order valence-corrected chi connectivity index (χ2v) is 3.60. The highest BCUT2D eigenvalue weighted by atomic mass is 16.3. The predicted octanol–water partition coefficient (Wildman–Crippen LogP) is 2.30. The quantitative estimate of drug-likeness (QED) is 0.668. The average molecular weight is 209 g/mol. The Kier molecular flexibility index (Phi) is 1.90. The van der Waals surface area contributed by atoms with Crippen molar-refractivity contribution in [2.24, 2.45) is 0 Å². The summed E-state index contributed by atoms with van der Waals surface area (Å²) < 4.78 is 0. The van der Waals surface area contributed by atoms with Crippen LogP contribution in [0.3, 0.4) is 0 Å². The van der Waals surface area contributed by atoms with Crippen molar-refractivity contribution in [3.05, 3.63) is 48.5 Å². The van der Waals surface area contributed by atoms with E-state index in [4.69, 9.17) is 0 Å². The summed E-state index contributed by atoms with van der Waals surface area (Å²) in [6, 6.07) is 14.6. The molecule has 0 aliphatic heterocycles. The molecule has 0 atom stereocenters.